The number of carbonyl (C=O) groups is 4. The van der Waals surface area contributed by atoms with Crippen LogP contribution in [0.4, 0.5) is 9.59 Å². The van der Waals surface area contributed by atoms with Crippen molar-refractivity contribution in [1.29, 1.82) is 0 Å². The standard InChI is InChI=1S/C49H60N8O6/c1-6-33(2)45(42-28-52-47(61)57(42)30-37-23-25-51-40-18-11-10-16-38(37)40)46(60)54-41(26-34-14-8-7-9-15-34)43(58)31-56(55-44(59)27-49(3,4)32-53-48(62)63-5)29-35-19-21-36(22-20-35)39-17-12-13-24-50-39/h7-25,33,41-43,45,58H,6,26-32H2,1-5H3,(H,52,61)(H,53,62)(H,54,60)(H,55,59). The molecule has 14 nitrogen and oxygen atoms in total. The predicted octanol–water partition coefficient (Wildman–Crippen LogP) is 6.25. The molecule has 5 aromatic rings. The first-order chi connectivity index (χ1) is 30.3. The van der Waals surface area contributed by atoms with E-state index in [2.05, 4.69) is 31.3 Å². The molecule has 5 unspecified atom stereocenters. The third-order valence-corrected chi connectivity index (χ3v) is 11.8. The molecule has 63 heavy (non-hydrogen) atoms. The lowest BCUT2D eigenvalue weighted by atomic mass is 9.83. The smallest absolute Gasteiger partial charge is 0.406 e. The van der Waals surface area contributed by atoms with E-state index in [1.54, 1.807) is 22.3 Å². The van der Waals surface area contributed by atoms with Crippen LogP contribution < -0.4 is 21.4 Å². The molecule has 0 aliphatic carbocycles. The molecule has 3 aromatic carbocycles. The highest BCUT2D eigenvalue weighted by Gasteiger charge is 2.43. The van der Waals surface area contributed by atoms with Crippen LogP contribution in [-0.2, 0) is 33.8 Å². The summed E-state index contributed by atoms with van der Waals surface area (Å²) >= 11 is 0. The van der Waals surface area contributed by atoms with E-state index in [9.17, 15) is 24.3 Å². The molecule has 5 N–H and O–H groups in total. The minimum atomic E-state index is -1.16. The SMILES string of the molecule is CCC(C)C(C(=O)NC(Cc1ccccc1)C(O)CN(Cc1ccc(-c2ccccn2)cc1)NC(=O)CC(C)(C)CNC(=O)OC)C1CNC(=O)N1Cc1ccnc2ccccc12. The third kappa shape index (κ3) is 12.6. The molecule has 0 spiro atoms. The van der Waals surface area contributed by atoms with Gasteiger partial charge in [-0.3, -0.25) is 25.0 Å². The number of aliphatic hydroxyl groups excluding tert-OH is 1. The molecule has 1 aliphatic rings. The van der Waals surface area contributed by atoms with Crippen molar-refractivity contribution in [3.63, 3.8) is 0 Å². The van der Waals surface area contributed by atoms with Crippen LogP contribution in [0.15, 0.2) is 116 Å². The van der Waals surface area contributed by atoms with Crippen LogP contribution in [0.3, 0.4) is 0 Å². The van der Waals surface area contributed by atoms with Crippen LogP contribution in [0.1, 0.15) is 57.2 Å². The fourth-order valence-electron chi connectivity index (χ4n) is 8.17. The molecule has 1 fully saturated rings. The molecule has 3 heterocycles. The first-order valence-electron chi connectivity index (χ1n) is 21.6. The van der Waals surface area contributed by atoms with E-state index in [1.807, 2.05) is 131 Å². The average Bonchev–Trinajstić information content (AvgIpc) is 3.64. The molecule has 332 valence electrons. The molecular weight excluding hydrogens is 797 g/mol. The van der Waals surface area contributed by atoms with Gasteiger partial charge in [0, 0.05) is 62.5 Å². The van der Waals surface area contributed by atoms with Crippen molar-refractivity contribution in [2.75, 3.05) is 26.7 Å². The highest BCUT2D eigenvalue weighted by atomic mass is 16.5. The van der Waals surface area contributed by atoms with Gasteiger partial charge in [0.15, 0.2) is 0 Å². The van der Waals surface area contributed by atoms with Gasteiger partial charge in [-0.25, -0.2) is 14.6 Å². The van der Waals surface area contributed by atoms with E-state index in [1.165, 1.54) is 7.11 Å². The van der Waals surface area contributed by atoms with Crippen molar-refractivity contribution in [3.05, 3.63) is 132 Å². The lowest BCUT2D eigenvalue weighted by Gasteiger charge is -2.36. The number of ether oxygens (including phenoxy) is 1. The lowest BCUT2D eigenvalue weighted by molar-refractivity contribution is -0.132. The quantitative estimate of drug-likeness (QED) is 0.0567. The minimum Gasteiger partial charge on any atom is -0.453 e. The van der Waals surface area contributed by atoms with Gasteiger partial charge in [-0.1, -0.05) is 113 Å². The summed E-state index contributed by atoms with van der Waals surface area (Å²) in [6.07, 6.45) is 2.79. The van der Waals surface area contributed by atoms with Gasteiger partial charge >= 0.3 is 12.1 Å². The van der Waals surface area contributed by atoms with Crippen LogP contribution in [0.5, 0.6) is 0 Å². The number of amides is 5. The van der Waals surface area contributed by atoms with Crippen LogP contribution in [0.2, 0.25) is 0 Å². The zero-order valence-electron chi connectivity index (χ0n) is 36.8. The topological polar surface area (TPSA) is 178 Å². The number of alkyl carbamates (subject to hydrolysis) is 1. The molecule has 1 aliphatic heterocycles. The number of hydrogen-bond acceptors (Lipinski definition) is 9. The van der Waals surface area contributed by atoms with Gasteiger partial charge in [-0.15, -0.1) is 0 Å². The Balaban J connectivity index is 1.25. The van der Waals surface area contributed by atoms with E-state index in [0.717, 1.165) is 38.9 Å². The largest absolute Gasteiger partial charge is 0.453 e. The number of nitrogens with zero attached hydrogens (tertiary/aromatic N) is 4. The number of nitrogens with one attached hydrogen (secondary N) is 4. The number of urea groups is 1. The number of para-hydroxylation sites is 1. The first kappa shape index (κ1) is 46.1. The Morgan fingerprint density at radius 2 is 1.67 bits per heavy atom. The number of aliphatic hydroxyl groups is 1. The monoisotopic (exact) mass is 856 g/mol. The molecule has 0 saturated carbocycles. The maximum Gasteiger partial charge on any atom is 0.406 e. The molecule has 0 bridgehead atoms. The summed E-state index contributed by atoms with van der Waals surface area (Å²) in [7, 11) is 1.28. The number of benzene rings is 3. The van der Waals surface area contributed by atoms with Gasteiger partial charge in [0.05, 0.1) is 42.4 Å². The molecule has 0 radical (unpaired) electrons. The van der Waals surface area contributed by atoms with Crippen molar-refractivity contribution in [2.45, 2.75) is 78.2 Å². The summed E-state index contributed by atoms with van der Waals surface area (Å²) in [6.45, 7) is 8.77. The lowest BCUT2D eigenvalue weighted by Crippen LogP contribution is -2.56. The highest BCUT2D eigenvalue weighted by molar-refractivity contribution is 5.85. The molecule has 6 rings (SSSR count). The number of hydrogen-bond donors (Lipinski definition) is 5. The zero-order valence-corrected chi connectivity index (χ0v) is 36.8. The normalized spacial score (nSPS) is 15.9. The maximum atomic E-state index is 14.8. The van der Waals surface area contributed by atoms with Crippen molar-refractivity contribution < 1.29 is 29.0 Å². The summed E-state index contributed by atoms with van der Waals surface area (Å²) in [4.78, 5) is 64.6. The van der Waals surface area contributed by atoms with E-state index >= 15 is 0 Å². The molecule has 14 heteroatoms. The number of carbonyl (C=O) groups excluding carboxylic acids is 4. The molecular formula is C49H60N8O6. The molecule has 5 atom stereocenters. The number of aromatic nitrogens is 2. The summed E-state index contributed by atoms with van der Waals surface area (Å²) in [5.74, 6) is -1.31. The Bertz CT molecular complexity index is 2290. The number of fused-ring (bicyclic) bond motifs is 1. The van der Waals surface area contributed by atoms with Gasteiger partial charge in [0.25, 0.3) is 0 Å². The Labute approximate surface area is 369 Å². The van der Waals surface area contributed by atoms with Crippen molar-refractivity contribution in [3.8, 4) is 11.3 Å². The fourth-order valence-corrected chi connectivity index (χ4v) is 8.17. The van der Waals surface area contributed by atoms with Gasteiger partial charge in [-0.2, -0.15) is 0 Å². The number of hydrazine groups is 1. The van der Waals surface area contributed by atoms with E-state index < -0.39 is 35.6 Å². The van der Waals surface area contributed by atoms with Crippen molar-refractivity contribution in [2.24, 2.45) is 17.3 Å². The van der Waals surface area contributed by atoms with Gasteiger partial charge < -0.3 is 30.7 Å². The highest BCUT2D eigenvalue weighted by Crippen LogP contribution is 2.30. The third-order valence-electron chi connectivity index (χ3n) is 11.8. The van der Waals surface area contributed by atoms with E-state index in [4.69, 9.17) is 4.74 Å². The van der Waals surface area contributed by atoms with Crippen LogP contribution in [-0.4, -0.2) is 93.9 Å². The zero-order chi connectivity index (χ0) is 44.9. The Morgan fingerprint density at radius 1 is 0.937 bits per heavy atom. The van der Waals surface area contributed by atoms with Gasteiger partial charge in [0.1, 0.15) is 0 Å². The summed E-state index contributed by atoms with van der Waals surface area (Å²) in [5.41, 5.74) is 7.69. The van der Waals surface area contributed by atoms with E-state index in [0.29, 0.717) is 25.9 Å². The summed E-state index contributed by atoms with van der Waals surface area (Å²) < 4.78 is 4.72. The second-order valence-electron chi connectivity index (χ2n) is 17.2. The summed E-state index contributed by atoms with van der Waals surface area (Å²) in [5, 5.41) is 23.8. The molecule has 5 amide bonds. The predicted molar refractivity (Wildman–Crippen MR) is 243 cm³/mol. The summed E-state index contributed by atoms with van der Waals surface area (Å²) in [6, 6.07) is 31.4. The second kappa shape index (κ2) is 21.6. The van der Waals surface area contributed by atoms with Gasteiger partial charge in [-0.05, 0) is 58.7 Å². The van der Waals surface area contributed by atoms with Gasteiger partial charge in [0.2, 0.25) is 11.8 Å². The minimum absolute atomic E-state index is 0.0366. The van der Waals surface area contributed by atoms with Crippen molar-refractivity contribution in [1.82, 2.24) is 41.3 Å². The fraction of sp³-hybridized carbons (Fsp3) is 0.388. The maximum absolute atomic E-state index is 14.8. The molecule has 2 aromatic heterocycles. The first-order valence-corrected chi connectivity index (χ1v) is 21.6. The number of pyridine rings is 2. The average molecular weight is 857 g/mol. The Morgan fingerprint density at radius 3 is 2.38 bits per heavy atom. The van der Waals surface area contributed by atoms with Crippen LogP contribution in [0, 0.1) is 17.3 Å². The van der Waals surface area contributed by atoms with E-state index in [-0.39, 0.29) is 49.8 Å². The van der Waals surface area contributed by atoms with Crippen LogP contribution in [0.25, 0.3) is 22.2 Å². The molecule has 1 saturated heterocycles. The Hall–Kier alpha value is -6.38. The van der Waals surface area contributed by atoms with Crippen LogP contribution >= 0.6 is 0 Å². The Kier molecular flexibility index (Phi) is 15.8. The van der Waals surface area contributed by atoms with Crippen molar-refractivity contribution >= 4 is 34.8 Å². The number of rotatable bonds is 20. The number of methoxy groups -OCH3 is 1. The second-order valence-corrected chi connectivity index (χ2v) is 17.2.